The van der Waals surface area contributed by atoms with Gasteiger partial charge < -0.3 is 4.90 Å². The number of rotatable bonds is 6. The third kappa shape index (κ3) is 4.38. The Morgan fingerprint density at radius 3 is 2.40 bits per heavy atom. The number of hydrogen-bond donors (Lipinski definition) is 1. The van der Waals surface area contributed by atoms with Crippen LogP contribution in [0.5, 0.6) is 0 Å². The maximum Gasteiger partial charge on any atom is 0.240 e. The predicted octanol–water partition coefficient (Wildman–Crippen LogP) is 3.26. The molecule has 0 bridgehead atoms. The van der Waals surface area contributed by atoms with Crippen LogP contribution in [-0.2, 0) is 16.4 Å². The van der Waals surface area contributed by atoms with E-state index in [-0.39, 0.29) is 4.90 Å². The van der Waals surface area contributed by atoms with Gasteiger partial charge in [0.25, 0.3) is 0 Å². The van der Waals surface area contributed by atoms with Gasteiger partial charge in [0.2, 0.25) is 10.0 Å². The van der Waals surface area contributed by atoms with Crippen LogP contribution >= 0.6 is 0 Å². The Labute approximate surface area is 148 Å². The van der Waals surface area contributed by atoms with Crippen LogP contribution in [0, 0.1) is 12.7 Å². The van der Waals surface area contributed by atoms with Gasteiger partial charge in [0.1, 0.15) is 5.82 Å². The first kappa shape index (κ1) is 17.9. The molecule has 4 nitrogen and oxygen atoms in total. The zero-order valence-corrected chi connectivity index (χ0v) is 15.2. The molecule has 1 N–H and O–H groups in total. The van der Waals surface area contributed by atoms with Crippen LogP contribution in [0.15, 0.2) is 47.4 Å². The summed E-state index contributed by atoms with van der Waals surface area (Å²) < 4.78 is 40.4. The summed E-state index contributed by atoms with van der Waals surface area (Å²) >= 11 is 0. The molecular formula is C19H23FN2O2S. The minimum absolute atomic E-state index is 0.0933. The van der Waals surface area contributed by atoms with E-state index in [1.807, 2.05) is 12.1 Å². The fourth-order valence-electron chi connectivity index (χ4n) is 3.05. The van der Waals surface area contributed by atoms with Crippen LogP contribution in [-0.4, -0.2) is 28.1 Å². The van der Waals surface area contributed by atoms with Gasteiger partial charge in [-0.25, -0.2) is 17.5 Å². The third-order valence-corrected chi connectivity index (χ3v) is 6.01. The molecule has 25 heavy (non-hydrogen) atoms. The Morgan fingerprint density at radius 1 is 1.08 bits per heavy atom. The summed E-state index contributed by atoms with van der Waals surface area (Å²) in [5.41, 5.74) is 2.63. The molecule has 1 saturated heterocycles. The van der Waals surface area contributed by atoms with Gasteiger partial charge in [0.05, 0.1) is 4.90 Å². The van der Waals surface area contributed by atoms with Crippen molar-refractivity contribution in [2.75, 3.05) is 24.5 Å². The lowest BCUT2D eigenvalue weighted by molar-refractivity contribution is 0.580. The van der Waals surface area contributed by atoms with Crippen molar-refractivity contribution in [3.05, 3.63) is 59.4 Å². The molecule has 1 aliphatic heterocycles. The molecule has 3 rings (SSSR count). The molecule has 0 aromatic heterocycles. The Hall–Kier alpha value is -1.92. The zero-order valence-electron chi connectivity index (χ0n) is 14.3. The molecule has 0 amide bonds. The smallest absolute Gasteiger partial charge is 0.240 e. The minimum atomic E-state index is -3.62. The normalized spacial score (nSPS) is 14.9. The summed E-state index contributed by atoms with van der Waals surface area (Å²) in [5.74, 6) is -0.406. The maximum atomic E-state index is 13.3. The average Bonchev–Trinajstić information content (AvgIpc) is 3.12. The predicted molar refractivity (Wildman–Crippen MR) is 97.9 cm³/mol. The Bertz CT molecular complexity index is 829. The molecule has 1 heterocycles. The number of anilines is 1. The van der Waals surface area contributed by atoms with Gasteiger partial charge in [-0.05, 0) is 67.6 Å². The molecule has 0 unspecified atom stereocenters. The molecule has 6 heteroatoms. The molecule has 1 aliphatic rings. The van der Waals surface area contributed by atoms with E-state index in [4.69, 9.17) is 0 Å². The van der Waals surface area contributed by atoms with E-state index in [0.717, 1.165) is 18.7 Å². The van der Waals surface area contributed by atoms with Crippen molar-refractivity contribution in [2.45, 2.75) is 31.1 Å². The van der Waals surface area contributed by atoms with E-state index < -0.39 is 15.8 Å². The van der Waals surface area contributed by atoms with Crippen LogP contribution in [0.2, 0.25) is 0 Å². The molecule has 0 aliphatic carbocycles. The molecular weight excluding hydrogens is 339 g/mol. The lowest BCUT2D eigenvalue weighted by Gasteiger charge is -2.17. The lowest BCUT2D eigenvalue weighted by Crippen LogP contribution is -2.26. The van der Waals surface area contributed by atoms with Gasteiger partial charge in [-0.15, -0.1) is 0 Å². The van der Waals surface area contributed by atoms with Crippen molar-refractivity contribution in [1.82, 2.24) is 4.72 Å². The van der Waals surface area contributed by atoms with Gasteiger partial charge in [0.15, 0.2) is 0 Å². The second kappa shape index (κ2) is 7.54. The van der Waals surface area contributed by atoms with Crippen molar-refractivity contribution in [3.63, 3.8) is 0 Å². The second-order valence-corrected chi connectivity index (χ2v) is 8.19. The fraction of sp³-hybridized carbons (Fsp3) is 0.368. The Kier molecular flexibility index (Phi) is 5.39. The highest BCUT2D eigenvalue weighted by Crippen LogP contribution is 2.20. The van der Waals surface area contributed by atoms with Crippen LogP contribution in [0.3, 0.4) is 0 Å². The van der Waals surface area contributed by atoms with Crippen molar-refractivity contribution >= 4 is 15.7 Å². The van der Waals surface area contributed by atoms with Crippen LogP contribution in [0.1, 0.15) is 24.0 Å². The van der Waals surface area contributed by atoms with Crippen LogP contribution in [0.25, 0.3) is 0 Å². The standard InChI is InChI=1S/C19H23FN2O2S/c1-15-14-18(8-9-19(15)20)25(23,24)21-11-10-16-4-6-17(7-5-16)22-12-2-3-13-22/h4-9,14,21H,2-3,10-13H2,1H3. The zero-order chi connectivity index (χ0) is 17.9. The molecule has 1 fully saturated rings. The number of benzene rings is 2. The number of nitrogens with zero attached hydrogens (tertiary/aromatic N) is 1. The lowest BCUT2D eigenvalue weighted by atomic mass is 10.1. The topological polar surface area (TPSA) is 49.4 Å². The molecule has 2 aromatic carbocycles. The van der Waals surface area contributed by atoms with E-state index in [1.54, 1.807) is 6.92 Å². The highest BCUT2D eigenvalue weighted by molar-refractivity contribution is 7.89. The first-order valence-corrected chi connectivity index (χ1v) is 10.0. The average molecular weight is 362 g/mol. The summed E-state index contributed by atoms with van der Waals surface area (Å²) in [6.07, 6.45) is 3.10. The summed E-state index contributed by atoms with van der Waals surface area (Å²) in [6, 6.07) is 12.1. The van der Waals surface area contributed by atoms with Crippen LogP contribution < -0.4 is 9.62 Å². The molecule has 0 radical (unpaired) electrons. The molecule has 0 atom stereocenters. The van der Waals surface area contributed by atoms with E-state index >= 15 is 0 Å². The molecule has 0 saturated carbocycles. The second-order valence-electron chi connectivity index (χ2n) is 6.42. The van der Waals surface area contributed by atoms with E-state index in [2.05, 4.69) is 21.8 Å². The summed E-state index contributed by atoms with van der Waals surface area (Å²) in [6.45, 7) is 4.07. The maximum absolute atomic E-state index is 13.3. The fourth-order valence-corrected chi connectivity index (χ4v) is 4.16. The SMILES string of the molecule is Cc1cc(S(=O)(=O)NCCc2ccc(N3CCCC3)cc2)ccc1F. The Morgan fingerprint density at radius 2 is 1.76 bits per heavy atom. The number of hydrogen-bond acceptors (Lipinski definition) is 3. The summed E-state index contributed by atoms with van der Waals surface area (Å²) in [4.78, 5) is 2.46. The highest BCUT2D eigenvalue weighted by atomic mass is 32.2. The largest absolute Gasteiger partial charge is 0.372 e. The van der Waals surface area contributed by atoms with Crippen molar-refractivity contribution in [1.29, 1.82) is 0 Å². The summed E-state index contributed by atoms with van der Waals surface area (Å²) in [7, 11) is -3.62. The van der Waals surface area contributed by atoms with Gasteiger partial charge in [-0.1, -0.05) is 12.1 Å². The van der Waals surface area contributed by atoms with Crippen molar-refractivity contribution in [2.24, 2.45) is 0 Å². The first-order valence-electron chi connectivity index (χ1n) is 8.55. The number of nitrogens with one attached hydrogen (secondary N) is 1. The minimum Gasteiger partial charge on any atom is -0.372 e. The number of aryl methyl sites for hydroxylation is 1. The Balaban J connectivity index is 1.57. The van der Waals surface area contributed by atoms with Crippen molar-refractivity contribution in [3.8, 4) is 0 Å². The summed E-state index contributed by atoms with van der Waals surface area (Å²) in [5, 5.41) is 0. The highest BCUT2D eigenvalue weighted by Gasteiger charge is 2.15. The van der Waals surface area contributed by atoms with Crippen LogP contribution in [0.4, 0.5) is 10.1 Å². The molecule has 134 valence electrons. The quantitative estimate of drug-likeness (QED) is 0.858. The van der Waals surface area contributed by atoms with Crippen molar-refractivity contribution < 1.29 is 12.8 Å². The first-order chi connectivity index (χ1) is 12.0. The molecule has 0 spiro atoms. The van der Waals surface area contributed by atoms with Gasteiger partial charge >= 0.3 is 0 Å². The van der Waals surface area contributed by atoms with E-state index in [0.29, 0.717) is 18.5 Å². The van der Waals surface area contributed by atoms with E-state index in [1.165, 1.54) is 36.7 Å². The third-order valence-electron chi connectivity index (χ3n) is 4.55. The van der Waals surface area contributed by atoms with E-state index in [9.17, 15) is 12.8 Å². The number of halogens is 1. The molecule has 2 aromatic rings. The van der Waals surface area contributed by atoms with Gasteiger partial charge in [-0.2, -0.15) is 0 Å². The van der Waals surface area contributed by atoms with Gasteiger partial charge in [-0.3, -0.25) is 0 Å². The monoisotopic (exact) mass is 362 g/mol. The number of sulfonamides is 1. The van der Waals surface area contributed by atoms with Gasteiger partial charge in [0, 0.05) is 25.3 Å².